The number of hydrogen-bond donors (Lipinski definition) is 1. The second-order valence-corrected chi connectivity index (χ2v) is 6.35. The van der Waals surface area contributed by atoms with Gasteiger partial charge in [0.25, 0.3) is 0 Å². The van der Waals surface area contributed by atoms with Crippen molar-refractivity contribution in [2.24, 2.45) is 7.05 Å². The minimum absolute atomic E-state index is 0.121. The first-order valence-corrected chi connectivity index (χ1v) is 8.48. The number of carbonyl (C=O) groups excluding carboxylic acids is 1. The summed E-state index contributed by atoms with van der Waals surface area (Å²) in [6.07, 6.45) is 3.36. The average molecular weight is 366 g/mol. The molecule has 4 rings (SSSR count). The third-order valence-corrected chi connectivity index (χ3v) is 4.39. The first kappa shape index (κ1) is 16.4. The van der Waals surface area contributed by atoms with E-state index in [4.69, 9.17) is 16.6 Å². The van der Waals surface area contributed by atoms with Crippen molar-refractivity contribution >= 4 is 34.2 Å². The van der Waals surface area contributed by atoms with E-state index in [1.807, 2.05) is 53.1 Å². The summed E-state index contributed by atoms with van der Waals surface area (Å²) < 4.78 is 3.51. The number of carbonyl (C=O) groups is 1. The lowest BCUT2D eigenvalue weighted by Gasteiger charge is -2.10. The molecule has 0 aliphatic heterocycles. The molecule has 0 unspecified atom stereocenters. The van der Waals surface area contributed by atoms with Crippen molar-refractivity contribution in [3.63, 3.8) is 0 Å². The number of amides is 1. The van der Waals surface area contributed by atoms with E-state index in [2.05, 4.69) is 10.4 Å². The highest BCUT2D eigenvalue weighted by molar-refractivity contribution is 6.33. The standard InChI is InChI=1S/C19H16ClN5O/c1-24-11-13(10-21-24)22-18(26)12-25-17-9-5-4-8-16(17)23-19(25)14-6-2-3-7-15(14)20/h2-11H,12H2,1H3,(H,22,26). The van der Waals surface area contributed by atoms with E-state index >= 15 is 0 Å². The lowest BCUT2D eigenvalue weighted by molar-refractivity contribution is -0.116. The fourth-order valence-electron chi connectivity index (χ4n) is 2.91. The fraction of sp³-hybridized carbons (Fsp3) is 0.105. The van der Waals surface area contributed by atoms with E-state index in [1.54, 1.807) is 24.1 Å². The molecule has 0 radical (unpaired) electrons. The zero-order chi connectivity index (χ0) is 18.1. The average Bonchev–Trinajstić information content (AvgIpc) is 3.19. The zero-order valence-corrected chi connectivity index (χ0v) is 14.8. The molecular weight excluding hydrogens is 350 g/mol. The number of anilines is 1. The van der Waals surface area contributed by atoms with Gasteiger partial charge in [0, 0.05) is 18.8 Å². The van der Waals surface area contributed by atoms with Crippen molar-refractivity contribution in [2.45, 2.75) is 6.54 Å². The van der Waals surface area contributed by atoms with Crippen LogP contribution in [0.5, 0.6) is 0 Å². The molecule has 6 nitrogen and oxygen atoms in total. The van der Waals surface area contributed by atoms with Crippen molar-refractivity contribution in [3.05, 3.63) is 65.9 Å². The second kappa shape index (κ2) is 6.65. The maximum Gasteiger partial charge on any atom is 0.244 e. The monoisotopic (exact) mass is 365 g/mol. The Labute approximate surface area is 155 Å². The van der Waals surface area contributed by atoms with E-state index < -0.39 is 0 Å². The van der Waals surface area contributed by atoms with E-state index in [1.165, 1.54) is 0 Å². The second-order valence-electron chi connectivity index (χ2n) is 5.94. The van der Waals surface area contributed by atoms with Crippen LogP contribution in [0.25, 0.3) is 22.4 Å². The lowest BCUT2D eigenvalue weighted by Crippen LogP contribution is -2.19. The maximum absolute atomic E-state index is 12.6. The number of aryl methyl sites for hydroxylation is 1. The summed E-state index contributed by atoms with van der Waals surface area (Å²) in [7, 11) is 1.80. The molecule has 26 heavy (non-hydrogen) atoms. The minimum atomic E-state index is -0.158. The smallest absolute Gasteiger partial charge is 0.244 e. The van der Waals surface area contributed by atoms with Crippen molar-refractivity contribution < 1.29 is 4.79 Å². The van der Waals surface area contributed by atoms with E-state index in [0.29, 0.717) is 16.5 Å². The first-order chi connectivity index (χ1) is 12.6. The number of halogens is 1. The van der Waals surface area contributed by atoms with Crippen LogP contribution in [0, 0.1) is 0 Å². The fourth-order valence-corrected chi connectivity index (χ4v) is 3.13. The zero-order valence-electron chi connectivity index (χ0n) is 14.1. The van der Waals surface area contributed by atoms with Crippen molar-refractivity contribution in [1.29, 1.82) is 0 Å². The molecule has 2 aromatic heterocycles. The quantitative estimate of drug-likeness (QED) is 0.599. The lowest BCUT2D eigenvalue weighted by atomic mass is 10.2. The van der Waals surface area contributed by atoms with Gasteiger partial charge in [-0.05, 0) is 24.3 Å². The Morgan fingerprint density at radius 2 is 1.92 bits per heavy atom. The van der Waals surface area contributed by atoms with E-state index in [0.717, 1.165) is 16.6 Å². The molecule has 0 fully saturated rings. The van der Waals surface area contributed by atoms with Crippen LogP contribution in [0.3, 0.4) is 0 Å². The Morgan fingerprint density at radius 1 is 1.15 bits per heavy atom. The van der Waals surface area contributed by atoms with E-state index in [-0.39, 0.29) is 12.5 Å². The minimum Gasteiger partial charge on any atom is -0.322 e. The Morgan fingerprint density at radius 3 is 2.69 bits per heavy atom. The third-order valence-electron chi connectivity index (χ3n) is 4.06. The number of nitrogens with zero attached hydrogens (tertiary/aromatic N) is 4. The molecule has 1 N–H and O–H groups in total. The van der Waals surface area contributed by atoms with Crippen LogP contribution in [0.2, 0.25) is 5.02 Å². The van der Waals surface area contributed by atoms with Gasteiger partial charge in [-0.15, -0.1) is 0 Å². The Hall–Kier alpha value is -3.12. The van der Waals surface area contributed by atoms with Crippen LogP contribution >= 0.6 is 11.6 Å². The highest BCUT2D eigenvalue weighted by Gasteiger charge is 2.17. The van der Waals surface area contributed by atoms with Crippen LogP contribution < -0.4 is 5.32 Å². The number of fused-ring (bicyclic) bond motifs is 1. The highest BCUT2D eigenvalue weighted by atomic mass is 35.5. The van der Waals surface area contributed by atoms with Crippen molar-refractivity contribution in [3.8, 4) is 11.4 Å². The molecule has 0 aliphatic carbocycles. The van der Waals surface area contributed by atoms with Gasteiger partial charge in [-0.3, -0.25) is 9.48 Å². The number of para-hydroxylation sites is 2. The van der Waals surface area contributed by atoms with Gasteiger partial charge in [0.2, 0.25) is 5.91 Å². The number of rotatable bonds is 4. The molecular formula is C19H16ClN5O. The number of nitrogens with one attached hydrogen (secondary N) is 1. The summed E-state index contributed by atoms with van der Waals surface area (Å²) in [6.45, 7) is 0.121. The van der Waals surface area contributed by atoms with Crippen molar-refractivity contribution in [2.75, 3.05) is 5.32 Å². The normalized spacial score (nSPS) is 11.0. The molecule has 7 heteroatoms. The molecule has 2 aromatic carbocycles. The summed E-state index contributed by atoms with van der Waals surface area (Å²) in [5.41, 5.74) is 3.14. The molecule has 0 atom stereocenters. The van der Waals surface area contributed by atoms with Gasteiger partial charge < -0.3 is 9.88 Å². The van der Waals surface area contributed by atoms with Gasteiger partial charge in [-0.25, -0.2) is 4.98 Å². The Kier molecular flexibility index (Phi) is 4.18. The predicted molar refractivity (Wildman–Crippen MR) is 102 cm³/mol. The first-order valence-electron chi connectivity index (χ1n) is 8.10. The van der Waals surface area contributed by atoms with Gasteiger partial charge >= 0.3 is 0 Å². The molecule has 1 amide bonds. The van der Waals surface area contributed by atoms with Crippen LogP contribution in [-0.2, 0) is 18.4 Å². The third kappa shape index (κ3) is 3.07. The van der Waals surface area contributed by atoms with Crippen LogP contribution in [0.1, 0.15) is 0 Å². The predicted octanol–water partition coefficient (Wildman–Crippen LogP) is 3.73. The largest absolute Gasteiger partial charge is 0.322 e. The molecule has 0 aliphatic rings. The Balaban J connectivity index is 1.74. The Bertz CT molecular complexity index is 1100. The molecule has 130 valence electrons. The molecule has 0 saturated heterocycles. The summed E-state index contributed by atoms with van der Waals surface area (Å²) in [5, 5.41) is 7.51. The molecule has 4 aromatic rings. The van der Waals surface area contributed by atoms with Crippen LogP contribution in [0.15, 0.2) is 60.9 Å². The number of benzene rings is 2. The highest BCUT2D eigenvalue weighted by Crippen LogP contribution is 2.30. The van der Waals surface area contributed by atoms with E-state index in [9.17, 15) is 4.79 Å². The molecule has 0 bridgehead atoms. The van der Waals surface area contributed by atoms with Crippen molar-refractivity contribution in [1.82, 2.24) is 19.3 Å². The van der Waals surface area contributed by atoms with Crippen LogP contribution in [-0.4, -0.2) is 25.2 Å². The van der Waals surface area contributed by atoms with Gasteiger partial charge in [0.1, 0.15) is 12.4 Å². The SMILES string of the molecule is Cn1cc(NC(=O)Cn2c(-c3ccccc3Cl)nc3ccccc32)cn1. The number of hydrogen-bond acceptors (Lipinski definition) is 3. The van der Waals surface area contributed by atoms with Gasteiger partial charge in [-0.2, -0.15) is 5.10 Å². The summed E-state index contributed by atoms with van der Waals surface area (Å²) in [5.74, 6) is 0.507. The van der Waals surface area contributed by atoms with Gasteiger partial charge in [0.05, 0.1) is 27.9 Å². The molecule has 0 saturated carbocycles. The number of imidazole rings is 1. The molecule has 2 heterocycles. The number of aromatic nitrogens is 4. The summed E-state index contributed by atoms with van der Waals surface area (Å²) >= 11 is 6.36. The van der Waals surface area contributed by atoms with Gasteiger partial charge in [-0.1, -0.05) is 35.9 Å². The van der Waals surface area contributed by atoms with Gasteiger partial charge in [0.15, 0.2) is 0 Å². The van der Waals surface area contributed by atoms with Crippen LogP contribution in [0.4, 0.5) is 5.69 Å². The maximum atomic E-state index is 12.6. The molecule has 0 spiro atoms. The summed E-state index contributed by atoms with van der Waals surface area (Å²) in [4.78, 5) is 17.3. The topological polar surface area (TPSA) is 64.7 Å². The summed E-state index contributed by atoms with van der Waals surface area (Å²) in [6, 6.07) is 15.2.